The lowest BCUT2D eigenvalue weighted by Crippen LogP contribution is -2.39. The number of rotatable bonds is 2. The van der Waals surface area contributed by atoms with Gasteiger partial charge < -0.3 is 14.9 Å². The van der Waals surface area contributed by atoms with E-state index < -0.39 is 11.6 Å². The summed E-state index contributed by atoms with van der Waals surface area (Å²) >= 11 is 6.28. The Balaban J connectivity index is 2.29. The van der Waals surface area contributed by atoms with E-state index in [0.717, 1.165) is 10.8 Å². The zero-order valence-electron chi connectivity index (χ0n) is 11.5. The van der Waals surface area contributed by atoms with Gasteiger partial charge in [-0.3, -0.25) is 4.79 Å². The zero-order chi connectivity index (χ0) is 15.2. The van der Waals surface area contributed by atoms with Crippen LogP contribution >= 0.6 is 11.6 Å². The van der Waals surface area contributed by atoms with Gasteiger partial charge in [-0.1, -0.05) is 35.9 Å². The van der Waals surface area contributed by atoms with Crippen LogP contribution in [0.3, 0.4) is 0 Å². The molecular formula is C16H15ClO4. The maximum absolute atomic E-state index is 11.1. The van der Waals surface area contributed by atoms with E-state index in [1.54, 1.807) is 6.07 Å². The molecule has 1 aliphatic rings. The molecule has 2 atom stereocenters. The minimum absolute atomic E-state index is 0.223. The third-order valence-electron chi connectivity index (χ3n) is 3.83. The van der Waals surface area contributed by atoms with Crippen molar-refractivity contribution < 1.29 is 19.7 Å². The summed E-state index contributed by atoms with van der Waals surface area (Å²) in [6.45, 7) is 1.82. The van der Waals surface area contributed by atoms with Crippen molar-refractivity contribution in [3.63, 3.8) is 0 Å². The topological polar surface area (TPSA) is 66.8 Å². The summed E-state index contributed by atoms with van der Waals surface area (Å²) in [5, 5.41) is 22.0. The van der Waals surface area contributed by atoms with Gasteiger partial charge in [-0.2, -0.15) is 0 Å². The van der Waals surface area contributed by atoms with E-state index in [2.05, 4.69) is 0 Å². The van der Waals surface area contributed by atoms with Crippen LogP contribution in [0.1, 0.15) is 25.3 Å². The molecule has 0 spiro atoms. The summed E-state index contributed by atoms with van der Waals surface area (Å²) < 4.78 is 5.87. The van der Waals surface area contributed by atoms with Gasteiger partial charge in [0.05, 0.1) is 12.5 Å². The SMILES string of the molecule is C[C@@H]1C[C@@](O)(CC(=O)O)c2cc(Cl)c3ccccc3c2O1. The fourth-order valence-corrected chi connectivity index (χ4v) is 3.30. The van der Waals surface area contributed by atoms with E-state index in [1.807, 2.05) is 31.2 Å². The quantitative estimate of drug-likeness (QED) is 0.893. The Bertz CT molecular complexity index is 728. The molecule has 0 aromatic heterocycles. The van der Waals surface area contributed by atoms with E-state index >= 15 is 0 Å². The molecule has 1 aliphatic heterocycles. The molecule has 5 heteroatoms. The minimum atomic E-state index is -1.47. The second kappa shape index (κ2) is 4.90. The van der Waals surface area contributed by atoms with Crippen LogP contribution in [0.15, 0.2) is 30.3 Å². The van der Waals surface area contributed by atoms with Gasteiger partial charge in [0.15, 0.2) is 0 Å². The summed E-state index contributed by atoms with van der Waals surface area (Å²) in [5.41, 5.74) is -1.02. The first kappa shape index (κ1) is 14.2. The summed E-state index contributed by atoms with van der Waals surface area (Å²) in [4.78, 5) is 11.1. The van der Waals surface area contributed by atoms with Crippen LogP contribution in [0.25, 0.3) is 10.8 Å². The van der Waals surface area contributed by atoms with Crippen molar-refractivity contribution in [2.75, 3.05) is 0 Å². The number of benzene rings is 2. The van der Waals surface area contributed by atoms with E-state index in [-0.39, 0.29) is 18.9 Å². The maximum Gasteiger partial charge on any atom is 0.306 e. The first-order chi connectivity index (χ1) is 9.90. The average molecular weight is 307 g/mol. The van der Waals surface area contributed by atoms with Crippen LogP contribution in [0.4, 0.5) is 0 Å². The van der Waals surface area contributed by atoms with Crippen molar-refractivity contribution in [3.05, 3.63) is 40.9 Å². The third kappa shape index (κ3) is 2.34. The molecule has 0 saturated carbocycles. The highest BCUT2D eigenvalue weighted by molar-refractivity contribution is 6.36. The van der Waals surface area contributed by atoms with Gasteiger partial charge >= 0.3 is 5.97 Å². The van der Waals surface area contributed by atoms with Crippen LogP contribution in [-0.2, 0) is 10.4 Å². The summed E-state index contributed by atoms with van der Waals surface area (Å²) in [6, 6.07) is 9.08. The Morgan fingerprint density at radius 1 is 1.43 bits per heavy atom. The first-order valence-electron chi connectivity index (χ1n) is 6.73. The number of hydrogen-bond acceptors (Lipinski definition) is 3. The number of carbonyl (C=O) groups is 1. The van der Waals surface area contributed by atoms with Gasteiger partial charge in [0.25, 0.3) is 0 Å². The first-order valence-corrected chi connectivity index (χ1v) is 7.11. The molecule has 0 saturated heterocycles. The van der Waals surface area contributed by atoms with Crippen molar-refractivity contribution in [2.24, 2.45) is 0 Å². The molecular weight excluding hydrogens is 292 g/mol. The van der Waals surface area contributed by atoms with Gasteiger partial charge in [-0.25, -0.2) is 0 Å². The van der Waals surface area contributed by atoms with Crippen LogP contribution in [0, 0.1) is 0 Å². The van der Waals surface area contributed by atoms with Crippen molar-refractivity contribution in [2.45, 2.75) is 31.5 Å². The number of carboxylic acids is 1. The van der Waals surface area contributed by atoms with Crippen molar-refractivity contribution >= 4 is 28.3 Å². The Morgan fingerprint density at radius 3 is 2.76 bits per heavy atom. The number of fused-ring (bicyclic) bond motifs is 3. The molecule has 0 aliphatic carbocycles. The highest BCUT2D eigenvalue weighted by atomic mass is 35.5. The van der Waals surface area contributed by atoms with Crippen LogP contribution in [-0.4, -0.2) is 22.3 Å². The molecule has 21 heavy (non-hydrogen) atoms. The second-order valence-electron chi connectivity index (χ2n) is 5.52. The summed E-state index contributed by atoms with van der Waals surface area (Å²) in [5.74, 6) is -0.528. The average Bonchev–Trinajstić information content (AvgIpc) is 2.39. The molecule has 0 amide bonds. The number of halogens is 1. The molecule has 0 fully saturated rings. The van der Waals surface area contributed by atoms with E-state index in [1.165, 1.54) is 0 Å². The second-order valence-corrected chi connectivity index (χ2v) is 5.92. The van der Waals surface area contributed by atoms with Crippen molar-refractivity contribution in [1.29, 1.82) is 0 Å². The largest absolute Gasteiger partial charge is 0.490 e. The van der Waals surface area contributed by atoms with Gasteiger partial charge in [-0.05, 0) is 13.0 Å². The zero-order valence-corrected chi connectivity index (χ0v) is 12.2. The van der Waals surface area contributed by atoms with Crippen LogP contribution in [0.2, 0.25) is 5.02 Å². The summed E-state index contributed by atoms with van der Waals surface area (Å²) in [7, 11) is 0. The highest BCUT2D eigenvalue weighted by Crippen LogP contribution is 2.47. The minimum Gasteiger partial charge on any atom is -0.490 e. The molecule has 0 bridgehead atoms. The van der Waals surface area contributed by atoms with Crippen molar-refractivity contribution in [1.82, 2.24) is 0 Å². The molecule has 110 valence electrons. The number of carboxylic acid groups (broad SMARTS) is 1. The third-order valence-corrected chi connectivity index (χ3v) is 4.15. The Labute approximate surface area is 126 Å². The molecule has 2 aromatic rings. The Morgan fingerprint density at radius 2 is 2.10 bits per heavy atom. The van der Waals surface area contributed by atoms with E-state index in [9.17, 15) is 9.90 Å². The Kier molecular flexibility index (Phi) is 3.30. The number of aliphatic carboxylic acids is 1. The van der Waals surface area contributed by atoms with Gasteiger partial charge in [0.1, 0.15) is 11.4 Å². The molecule has 0 radical (unpaired) electrons. The van der Waals surface area contributed by atoms with E-state index in [0.29, 0.717) is 16.3 Å². The van der Waals surface area contributed by atoms with Gasteiger partial charge in [0, 0.05) is 27.8 Å². The lowest BCUT2D eigenvalue weighted by atomic mass is 9.81. The number of aliphatic hydroxyl groups is 1. The predicted molar refractivity (Wildman–Crippen MR) is 79.8 cm³/mol. The molecule has 1 heterocycles. The molecule has 2 aromatic carbocycles. The van der Waals surface area contributed by atoms with Crippen molar-refractivity contribution in [3.8, 4) is 5.75 Å². The standard InChI is InChI=1S/C16H15ClO4/c1-9-7-16(20,8-14(18)19)12-6-13(17)10-4-2-3-5-11(10)15(12)21-9/h2-6,9,20H,7-8H2,1H3,(H,18,19)/t9-,16-/m1/s1. The fraction of sp³-hybridized carbons (Fsp3) is 0.312. The monoisotopic (exact) mass is 306 g/mol. The number of hydrogen-bond donors (Lipinski definition) is 2. The Hall–Kier alpha value is -1.78. The van der Waals surface area contributed by atoms with Crippen LogP contribution in [0.5, 0.6) is 5.75 Å². The van der Waals surface area contributed by atoms with Gasteiger partial charge in [0.2, 0.25) is 0 Å². The highest BCUT2D eigenvalue weighted by Gasteiger charge is 2.41. The molecule has 0 unspecified atom stereocenters. The summed E-state index contributed by atoms with van der Waals surface area (Å²) in [6.07, 6.45) is -0.421. The van der Waals surface area contributed by atoms with E-state index in [4.69, 9.17) is 21.4 Å². The lowest BCUT2D eigenvalue weighted by molar-refractivity contribution is -0.145. The maximum atomic E-state index is 11.1. The van der Waals surface area contributed by atoms with Gasteiger partial charge in [-0.15, -0.1) is 0 Å². The number of ether oxygens (including phenoxy) is 1. The normalized spacial score (nSPS) is 24.4. The smallest absolute Gasteiger partial charge is 0.306 e. The molecule has 2 N–H and O–H groups in total. The molecule has 3 rings (SSSR count). The fourth-order valence-electron chi connectivity index (χ4n) is 3.02. The molecule has 4 nitrogen and oxygen atoms in total. The van der Waals surface area contributed by atoms with Crippen LogP contribution < -0.4 is 4.74 Å². The predicted octanol–water partition coefficient (Wildman–Crippen LogP) is 3.33. The lowest BCUT2D eigenvalue weighted by Gasteiger charge is -2.37.